The van der Waals surface area contributed by atoms with Gasteiger partial charge in [0.15, 0.2) is 0 Å². The van der Waals surface area contributed by atoms with Crippen LogP contribution in [0.4, 0.5) is 0 Å². The van der Waals surface area contributed by atoms with Crippen LogP contribution in [0, 0.1) is 5.92 Å². The van der Waals surface area contributed by atoms with Crippen molar-refractivity contribution in [3.63, 3.8) is 0 Å². The molecular formula is C19H27N3O3S2. The number of aryl methyl sites for hydroxylation is 1. The van der Waals surface area contributed by atoms with E-state index in [9.17, 15) is 4.79 Å². The third-order valence-corrected chi connectivity index (χ3v) is 6.41. The van der Waals surface area contributed by atoms with Crippen molar-refractivity contribution in [1.29, 1.82) is 0 Å². The number of nitrogens with one attached hydrogen (secondary N) is 1. The van der Waals surface area contributed by atoms with Crippen molar-refractivity contribution in [3.8, 4) is 10.8 Å². The second-order valence-electron chi connectivity index (χ2n) is 7.19. The number of hydrogen-bond acceptors (Lipinski definition) is 7. The van der Waals surface area contributed by atoms with E-state index in [2.05, 4.69) is 28.5 Å². The molecule has 2 aromatic rings. The predicted octanol–water partition coefficient (Wildman–Crippen LogP) is 3.95. The van der Waals surface area contributed by atoms with Gasteiger partial charge in [-0.1, -0.05) is 18.7 Å². The number of aromatic nitrogens is 2. The van der Waals surface area contributed by atoms with E-state index in [1.807, 2.05) is 13.8 Å². The van der Waals surface area contributed by atoms with Crippen LogP contribution in [-0.4, -0.2) is 41.1 Å². The molecular weight excluding hydrogens is 382 g/mol. The molecule has 0 saturated heterocycles. The predicted molar refractivity (Wildman–Crippen MR) is 108 cm³/mol. The van der Waals surface area contributed by atoms with Crippen LogP contribution < -0.4 is 5.32 Å². The lowest BCUT2D eigenvalue weighted by molar-refractivity contribution is -0.118. The van der Waals surface area contributed by atoms with Crippen molar-refractivity contribution in [2.24, 2.45) is 5.92 Å². The molecule has 0 spiro atoms. The molecule has 1 aliphatic carbocycles. The van der Waals surface area contributed by atoms with E-state index in [4.69, 9.17) is 9.15 Å². The molecule has 0 fully saturated rings. The fourth-order valence-electron chi connectivity index (χ4n) is 2.98. The van der Waals surface area contributed by atoms with Crippen LogP contribution in [-0.2, 0) is 22.4 Å². The highest BCUT2D eigenvalue weighted by molar-refractivity contribution is 7.99. The first-order valence-electron chi connectivity index (χ1n) is 9.48. The molecule has 0 aliphatic heterocycles. The standard InChI is InChI=1S/C19H27N3O3S2/c1-12(2)24-8-4-7-20-17(23)11-26-19-22-21-18(25-19)16-10-14-9-13(3)5-6-15(14)27-16/h10,12-13H,4-9,11H2,1-3H3,(H,20,23)/t13-/m0/s1. The highest BCUT2D eigenvalue weighted by atomic mass is 32.2. The van der Waals surface area contributed by atoms with Gasteiger partial charge in [-0.25, -0.2) is 0 Å². The monoisotopic (exact) mass is 409 g/mol. The topological polar surface area (TPSA) is 77.2 Å². The molecule has 0 bridgehead atoms. The first kappa shape index (κ1) is 20.4. The Kier molecular flexibility index (Phi) is 7.32. The highest BCUT2D eigenvalue weighted by Gasteiger charge is 2.21. The van der Waals surface area contributed by atoms with Gasteiger partial charge in [0.2, 0.25) is 5.91 Å². The van der Waals surface area contributed by atoms with E-state index in [1.54, 1.807) is 11.3 Å². The van der Waals surface area contributed by atoms with Gasteiger partial charge in [-0.05, 0) is 57.1 Å². The smallest absolute Gasteiger partial charge is 0.277 e. The first-order chi connectivity index (χ1) is 13.0. The Morgan fingerprint density at radius 1 is 1.48 bits per heavy atom. The molecule has 1 atom stereocenters. The van der Waals surface area contributed by atoms with E-state index >= 15 is 0 Å². The van der Waals surface area contributed by atoms with Crippen molar-refractivity contribution in [2.45, 2.75) is 57.8 Å². The maximum absolute atomic E-state index is 11.9. The second kappa shape index (κ2) is 9.71. The number of hydrogen-bond donors (Lipinski definition) is 1. The summed E-state index contributed by atoms with van der Waals surface area (Å²) in [4.78, 5) is 14.4. The SMILES string of the molecule is CC(C)OCCCNC(=O)CSc1nnc(-c2cc3c(s2)CC[C@H](C)C3)o1. The Hall–Kier alpha value is -1.38. The van der Waals surface area contributed by atoms with Crippen molar-refractivity contribution in [1.82, 2.24) is 15.5 Å². The molecule has 6 nitrogen and oxygen atoms in total. The van der Waals surface area contributed by atoms with Crippen molar-refractivity contribution >= 4 is 29.0 Å². The fourth-order valence-corrected chi connectivity index (χ4v) is 4.70. The zero-order chi connectivity index (χ0) is 19.2. The summed E-state index contributed by atoms with van der Waals surface area (Å²) in [5.74, 6) is 1.52. The minimum atomic E-state index is -0.0372. The summed E-state index contributed by atoms with van der Waals surface area (Å²) in [6.45, 7) is 7.56. The van der Waals surface area contributed by atoms with Crippen LogP contribution in [0.25, 0.3) is 10.8 Å². The van der Waals surface area contributed by atoms with Gasteiger partial charge in [-0.3, -0.25) is 4.79 Å². The molecule has 2 aromatic heterocycles. The second-order valence-corrected chi connectivity index (χ2v) is 9.26. The third-order valence-electron chi connectivity index (χ3n) is 4.37. The zero-order valence-electron chi connectivity index (χ0n) is 16.1. The lowest BCUT2D eigenvalue weighted by atomic mass is 9.90. The Balaban J connectivity index is 1.44. The Labute approximate surface area is 168 Å². The van der Waals surface area contributed by atoms with Gasteiger partial charge in [-0.2, -0.15) is 0 Å². The Morgan fingerprint density at radius 2 is 2.33 bits per heavy atom. The molecule has 2 heterocycles. The van der Waals surface area contributed by atoms with Gasteiger partial charge in [-0.15, -0.1) is 21.5 Å². The number of thioether (sulfide) groups is 1. The minimum Gasteiger partial charge on any atom is -0.410 e. The van der Waals surface area contributed by atoms with E-state index in [0.29, 0.717) is 24.3 Å². The highest BCUT2D eigenvalue weighted by Crippen LogP contribution is 2.37. The normalized spacial score (nSPS) is 16.5. The summed E-state index contributed by atoms with van der Waals surface area (Å²) in [5.41, 5.74) is 1.42. The lowest BCUT2D eigenvalue weighted by Gasteiger charge is -2.16. The summed E-state index contributed by atoms with van der Waals surface area (Å²) in [7, 11) is 0. The van der Waals surface area contributed by atoms with Crippen LogP contribution >= 0.6 is 23.1 Å². The molecule has 0 unspecified atom stereocenters. The number of nitrogens with zero attached hydrogens (tertiary/aromatic N) is 2. The average molecular weight is 410 g/mol. The summed E-state index contributed by atoms with van der Waals surface area (Å²) in [6.07, 6.45) is 4.54. The van der Waals surface area contributed by atoms with Crippen LogP contribution in [0.1, 0.15) is 44.1 Å². The molecule has 1 N–H and O–H groups in total. The fraction of sp³-hybridized carbons (Fsp3) is 0.632. The van der Waals surface area contributed by atoms with Crippen LogP contribution in [0.15, 0.2) is 15.7 Å². The number of carbonyl (C=O) groups is 1. The molecule has 1 amide bonds. The van der Waals surface area contributed by atoms with Gasteiger partial charge in [0.1, 0.15) is 0 Å². The van der Waals surface area contributed by atoms with Gasteiger partial charge < -0.3 is 14.5 Å². The third kappa shape index (κ3) is 6.05. The van der Waals surface area contributed by atoms with Gasteiger partial charge in [0, 0.05) is 18.0 Å². The quantitative estimate of drug-likeness (QED) is 0.499. The number of ether oxygens (including phenoxy) is 1. The largest absolute Gasteiger partial charge is 0.410 e. The summed E-state index contributed by atoms with van der Waals surface area (Å²) >= 11 is 3.02. The van der Waals surface area contributed by atoms with Gasteiger partial charge >= 0.3 is 0 Å². The number of rotatable bonds is 9. The van der Waals surface area contributed by atoms with Crippen molar-refractivity contribution in [2.75, 3.05) is 18.9 Å². The number of thiophene rings is 1. The van der Waals surface area contributed by atoms with E-state index in [0.717, 1.165) is 30.1 Å². The minimum absolute atomic E-state index is 0.0372. The molecule has 0 saturated carbocycles. The Morgan fingerprint density at radius 3 is 3.15 bits per heavy atom. The molecule has 0 radical (unpaired) electrons. The summed E-state index contributed by atoms with van der Waals surface area (Å²) < 4.78 is 11.2. The summed E-state index contributed by atoms with van der Waals surface area (Å²) in [5, 5.41) is 11.5. The Bertz CT molecular complexity index is 757. The number of fused-ring (bicyclic) bond motifs is 1. The maximum atomic E-state index is 11.9. The summed E-state index contributed by atoms with van der Waals surface area (Å²) in [6, 6.07) is 2.18. The molecule has 3 rings (SSSR count). The van der Waals surface area contributed by atoms with Gasteiger partial charge in [0.25, 0.3) is 11.1 Å². The molecule has 8 heteroatoms. The molecule has 27 heavy (non-hydrogen) atoms. The maximum Gasteiger partial charge on any atom is 0.277 e. The zero-order valence-corrected chi connectivity index (χ0v) is 17.8. The average Bonchev–Trinajstić information content (AvgIpc) is 3.25. The molecule has 0 aromatic carbocycles. The lowest BCUT2D eigenvalue weighted by Crippen LogP contribution is -2.27. The van der Waals surface area contributed by atoms with Crippen LogP contribution in [0.3, 0.4) is 0 Å². The van der Waals surface area contributed by atoms with Crippen LogP contribution in [0.2, 0.25) is 0 Å². The van der Waals surface area contributed by atoms with E-state index < -0.39 is 0 Å². The number of amides is 1. The van der Waals surface area contributed by atoms with Crippen LogP contribution in [0.5, 0.6) is 0 Å². The molecule has 148 valence electrons. The van der Waals surface area contributed by atoms with E-state index in [1.165, 1.54) is 28.6 Å². The van der Waals surface area contributed by atoms with Crippen molar-refractivity contribution in [3.05, 3.63) is 16.5 Å². The van der Waals surface area contributed by atoms with Gasteiger partial charge in [0.05, 0.1) is 16.7 Å². The van der Waals surface area contributed by atoms with Crippen molar-refractivity contribution < 1.29 is 13.9 Å². The first-order valence-corrected chi connectivity index (χ1v) is 11.3. The molecule has 1 aliphatic rings. The van der Waals surface area contributed by atoms with E-state index in [-0.39, 0.29) is 17.8 Å². The number of carbonyl (C=O) groups excluding carboxylic acids is 1.